The molecule has 5 nitrogen and oxygen atoms in total. The lowest BCUT2D eigenvalue weighted by Gasteiger charge is -2.09. The molecule has 0 bridgehead atoms. The molecule has 0 aliphatic carbocycles. The van der Waals surface area contributed by atoms with Gasteiger partial charge in [-0.3, -0.25) is 9.59 Å². The molecule has 3 rings (SSSR count). The van der Waals surface area contributed by atoms with Crippen molar-refractivity contribution < 1.29 is 14.3 Å². The van der Waals surface area contributed by atoms with Crippen LogP contribution in [-0.4, -0.2) is 34.1 Å². The maximum atomic E-state index is 12.2. The lowest BCUT2D eigenvalue weighted by atomic mass is 9.97. The van der Waals surface area contributed by atoms with Gasteiger partial charge in [0.1, 0.15) is 16.2 Å². The molecule has 0 unspecified atom stereocenters. The Labute approximate surface area is 166 Å². The molecule has 0 aliphatic rings. The van der Waals surface area contributed by atoms with E-state index in [2.05, 4.69) is 23.8 Å². The number of ether oxygens (including phenoxy) is 1. The number of nitrogens with zero attached hydrogens (tertiary/aromatic N) is 2. The molecule has 3 aromatic rings. The van der Waals surface area contributed by atoms with Gasteiger partial charge in [0, 0.05) is 10.9 Å². The molecule has 140 valence electrons. The number of fused-ring (bicyclic) bond motifs is 1. The van der Waals surface area contributed by atoms with E-state index in [1.807, 2.05) is 23.6 Å². The quantitative estimate of drug-likeness (QED) is 0.236. The van der Waals surface area contributed by atoms with Crippen LogP contribution in [0, 0.1) is 0 Å². The number of carbonyl (C=O) groups is 2. The molecule has 0 aliphatic heterocycles. The summed E-state index contributed by atoms with van der Waals surface area (Å²) >= 11 is 2.81. The number of esters is 1. The van der Waals surface area contributed by atoms with Gasteiger partial charge in [0.15, 0.2) is 12.4 Å². The van der Waals surface area contributed by atoms with Crippen molar-refractivity contribution in [3.8, 4) is 0 Å². The Kier molecular flexibility index (Phi) is 6.58. The van der Waals surface area contributed by atoms with Crippen molar-refractivity contribution in [3.63, 3.8) is 0 Å². The van der Waals surface area contributed by atoms with E-state index in [1.165, 1.54) is 35.0 Å². The fourth-order valence-electron chi connectivity index (χ4n) is 2.51. The average molecular weight is 401 g/mol. The van der Waals surface area contributed by atoms with E-state index in [1.54, 1.807) is 12.1 Å². The van der Waals surface area contributed by atoms with Crippen LogP contribution in [0.25, 0.3) is 10.2 Å². The van der Waals surface area contributed by atoms with Crippen molar-refractivity contribution in [3.05, 3.63) is 53.2 Å². The molecule has 0 N–H and O–H groups in total. The zero-order chi connectivity index (χ0) is 19.2. The highest BCUT2D eigenvalue weighted by Crippen LogP contribution is 2.27. The number of aromatic nitrogens is 2. The van der Waals surface area contributed by atoms with Gasteiger partial charge in [-0.15, -0.1) is 11.3 Å². The Morgan fingerprint density at radius 3 is 2.70 bits per heavy atom. The van der Waals surface area contributed by atoms with Crippen LogP contribution in [-0.2, 0) is 9.53 Å². The number of thioether (sulfide) groups is 1. The average Bonchev–Trinajstić information content (AvgIpc) is 3.19. The normalized spacial score (nSPS) is 12.1. The monoisotopic (exact) mass is 400 g/mol. The predicted molar refractivity (Wildman–Crippen MR) is 109 cm³/mol. The molecule has 2 aromatic heterocycles. The zero-order valence-electron chi connectivity index (χ0n) is 15.2. The summed E-state index contributed by atoms with van der Waals surface area (Å²) in [5, 5.41) is 3.61. The lowest BCUT2D eigenvalue weighted by molar-refractivity contribution is -0.139. The molecule has 0 spiro atoms. The highest BCUT2D eigenvalue weighted by Gasteiger charge is 2.13. The molecule has 0 radical (unpaired) electrons. The summed E-state index contributed by atoms with van der Waals surface area (Å²) in [5.41, 5.74) is 1.75. The Hall–Kier alpha value is -2.25. The van der Waals surface area contributed by atoms with E-state index in [0.717, 1.165) is 21.7 Å². The van der Waals surface area contributed by atoms with Gasteiger partial charge in [0.2, 0.25) is 0 Å². The van der Waals surface area contributed by atoms with Crippen molar-refractivity contribution in [2.45, 2.75) is 31.2 Å². The second-order valence-electron chi connectivity index (χ2n) is 6.12. The summed E-state index contributed by atoms with van der Waals surface area (Å²) < 4.78 is 5.12. The van der Waals surface area contributed by atoms with Crippen LogP contribution in [0.2, 0.25) is 0 Å². The maximum absolute atomic E-state index is 12.2. The molecule has 0 saturated heterocycles. The van der Waals surface area contributed by atoms with Crippen LogP contribution in [0.3, 0.4) is 0 Å². The van der Waals surface area contributed by atoms with Crippen molar-refractivity contribution in [2.24, 2.45) is 0 Å². The number of ketones is 1. The minimum Gasteiger partial charge on any atom is -0.457 e. The molecule has 1 aromatic carbocycles. The molecule has 2 heterocycles. The summed E-state index contributed by atoms with van der Waals surface area (Å²) in [6.07, 6.45) is 2.53. The van der Waals surface area contributed by atoms with Crippen LogP contribution < -0.4 is 0 Å². The van der Waals surface area contributed by atoms with Crippen molar-refractivity contribution in [1.29, 1.82) is 0 Å². The number of Topliss-reactive ketones (excluding diaryl/α,β-unsaturated/α-hetero) is 1. The maximum Gasteiger partial charge on any atom is 0.316 e. The molecule has 27 heavy (non-hydrogen) atoms. The van der Waals surface area contributed by atoms with Gasteiger partial charge in [-0.25, -0.2) is 9.97 Å². The first-order chi connectivity index (χ1) is 13.1. The third-order valence-electron chi connectivity index (χ3n) is 4.33. The van der Waals surface area contributed by atoms with Gasteiger partial charge in [-0.1, -0.05) is 49.9 Å². The first kappa shape index (κ1) is 19.5. The first-order valence-corrected chi connectivity index (χ1v) is 10.5. The Balaban J connectivity index is 1.50. The van der Waals surface area contributed by atoms with Crippen molar-refractivity contribution in [1.82, 2.24) is 9.97 Å². The van der Waals surface area contributed by atoms with Gasteiger partial charge in [0.05, 0.1) is 5.75 Å². The van der Waals surface area contributed by atoms with Crippen LogP contribution in [0.4, 0.5) is 0 Å². The summed E-state index contributed by atoms with van der Waals surface area (Å²) in [4.78, 5) is 33.5. The number of rotatable bonds is 8. The van der Waals surface area contributed by atoms with Gasteiger partial charge in [0.25, 0.3) is 0 Å². The summed E-state index contributed by atoms with van der Waals surface area (Å²) in [6.45, 7) is 4.03. The minimum absolute atomic E-state index is 0.0994. The van der Waals surface area contributed by atoms with Crippen LogP contribution in [0.5, 0.6) is 0 Å². The molecule has 7 heteroatoms. The standard InChI is InChI=1S/C20H20N2O3S2/c1-3-13(2)14-4-6-15(7-5-14)17(23)10-25-18(24)11-27-20-16-8-9-26-19(16)21-12-22-20/h4-9,12-13H,3,10-11H2,1-2H3/t13-/m1/s1. The first-order valence-electron chi connectivity index (χ1n) is 8.68. The van der Waals surface area contributed by atoms with Gasteiger partial charge in [-0.05, 0) is 29.3 Å². The molecule has 1 atom stereocenters. The van der Waals surface area contributed by atoms with E-state index in [0.29, 0.717) is 11.5 Å². The van der Waals surface area contributed by atoms with Gasteiger partial charge in [-0.2, -0.15) is 0 Å². The molecule has 0 fully saturated rings. The number of benzene rings is 1. The van der Waals surface area contributed by atoms with E-state index in [4.69, 9.17) is 4.74 Å². The highest BCUT2D eigenvalue weighted by atomic mass is 32.2. The van der Waals surface area contributed by atoms with E-state index >= 15 is 0 Å². The Morgan fingerprint density at radius 2 is 1.96 bits per heavy atom. The third-order valence-corrected chi connectivity index (χ3v) is 6.13. The second-order valence-corrected chi connectivity index (χ2v) is 7.98. The van der Waals surface area contributed by atoms with Gasteiger partial charge < -0.3 is 4.74 Å². The second kappa shape index (κ2) is 9.10. The van der Waals surface area contributed by atoms with E-state index < -0.39 is 5.97 Å². The summed E-state index contributed by atoms with van der Waals surface area (Å²) in [6, 6.07) is 9.43. The fourth-order valence-corrected chi connectivity index (χ4v) is 4.09. The van der Waals surface area contributed by atoms with Crippen molar-refractivity contribution >= 4 is 45.1 Å². The van der Waals surface area contributed by atoms with Gasteiger partial charge >= 0.3 is 5.97 Å². The number of hydrogen-bond acceptors (Lipinski definition) is 7. The Morgan fingerprint density at radius 1 is 1.19 bits per heavy atom. The fraction of sp³-hybridized carbons (Fsp3) is 0.300. The molecular formula is C20H20N2O3S2. The topological polar surface area (TPSA) is 69.2 Å². The zero-order valence-corrected chi connectivity index (χ0v) is 16.8. The Bertz CT molecular complexity index is 938. The number of carbonyl (C=O) groups excluding carboxylic acids is 2. The summed E-state index contributed by atoms with van der Waals surface area (Å²) in [5.74, 6) is -0.0827. The summed E-state index contributed by atoms with van der Waals surface area (Å²) in [7, 11) is 0. The highest BCUT2D eigenvalue weighted by molar-refractivity contribution is 8.00. The molecular weight excluding hydrogens is 380 g/mol. The molecule has 0 amide bonds. The van der Waals surface area contributed by atoms with E-state index in [-0.39, 0.29) is 18.1 Å². The predicted octanol–water partition coefficient (Wildman–Crippen LogP) is 4.72. The largest absolute Gasteiger partial charge is 0.457 e. The molecule has 0 saturated carbocycles. The third kappa shape index (κ3) is 4.93. The van der Waals surface area contributed by atoms with Crippen molar-refractivity contribution in [2.75, 3.05) is 12.4 Å². The lowest BCUT2D eigenvalue weighted by Crippen LogP contribution is -2.15. The smallest absolute Gasteiger partial charge is 0.316 e. The van der Waals surface area contributed by atoms with Crippen LogP contribution >= 0.6 is 23.1 Å². The SMILES string of the molecule is CC[C@@H](C)c1ccc(C(=O)COC(=O)CSc2ncnc3sccc23)cc1. The van der Waals surface area contributed by atoms with Crippen LogP contribution in [0.15, 0.2) is 47.1 Å². The number of hydrogen-bond donors (Lipinski definition) is 0. The van der Waals surface area contributed by atoms with Crippen LogP contribution in [0.1, 0.15) is 42.1 Å². The minimum atomic E-state index is -0.438. The van der Waals surface area contributed by atoms with E-state index in [9.17, 15) is 9.59 Å². The number of thiophene rings is 1.